The molecule has 0 atom stereocenters. The van der Waals surface area contributed by atoms with Crippen molar-refractivity contribution in [1.82, 2.24) is 0 Å². The Morgan fingerprint density at radius 3 is 2.89 bits per heavy atom. The number of carbonyl (C=O) groups excluding carboxylic acids is 1. The maximum atomic E-state index is 11.6. The summed E-state index contributed by atoms with van der Waals surface area (Å²) in [4.78, 5) is 11.6. The first-order valence-corrected chi connectivity index (χ1v) is 7.74. The standard InChI is InChI=1S/C13H18ClNO2S/c1-3-17-12-5-4-11(8-10(12)9-14)15-13(16)6-7-18-2/h4-5,8H,3,6-7,9H2,1-2H3,(H,15,16). The molecule has 0 radical (unpaired) electrons. The molecule has 0 unspecified atom stereocenters. The predicted molar refractivity (Wildman–Crippen MR) is 78.8 cm³/mol. The summed E-state index contributed by atoms with van der Waals surface area (Å²) in [5.41, 5.74) is 1.65. The largest absolute Gasteiger partial charge is 0.494 e. The minimum absolute atomic E-state index is 0.0223. The van der Waals surface area contributed by atoms with Gasteiger partial charge in [0.25, 0.3) is 0 Å². The van der Waals surface area contributed by atoms with Gasteiger partial charge in [-0.05, 0) is 31.4 Å². The fourth-order valence-corrected chi connectivity index (χ4v) is 2.07. The zero-order chi connectivity index (χ0) is 13.4. The number of alkyl halides is 1. The van der Waals surface area contributed by atoms with Gasteiger partial charge < -0.3 is 10.1 Å². The Morgan fingerprint density at radius 1 is 1.50 bits per heavy atom. The van der Waals surface area contributed by atoms with E-state index in [1.54, 1.807) is 11.8 Å². The molecule has 5 heteroatoms. The highest BCUT2D eigenvalue weighted by molar-refractivity contribution is 7.98. The van der Waals surface area contributed by atoms with Crippen LogP contribution in [0.3, 0.4) is 0 Å². The number of hydrogen-bond donors (Lipinski definition) is 1. The molecular formula is C13H18ClNO2S. The van der Waals surface area contributed by atoms with E-state index in [1.807, 2.05) is 31.4 Å². The molecule has 0 fully saturated rings. The maximum Gasteiger partial charge on any atom is 0.225 e. The average molecular weight is 288 g/mol. The molecule has 0 saturated carbocycles. The highest BCUT2D eigenvalue weighted by Gasteiger charge is 2.06. The van der Waals surface area contributed by atoms with Crippen LogP contribution in [0, 0.1) is 0 Å². The summed E-state index contributed by atoms with van der Waals surface area (Å²) in [6.45, 7) is 2.53. The smallest absolute Gasteiger partial charge is 0.225 e. The number of carbonyl (C=O) groups is 1. The van der Waals surface area contributed by atoms with Crippen molar-refractivity contribution in [2.45, 2.75) is 19.2 Å². The Bertz CT molecular complexity index is 399. The number of benzene rings is 1. The van der Waals surface area contributed by atoms with Crippen molar-refractivity contribution < 1.29 is 9.53 Å². The fraction of sp³-hybridized carbons (Fsp3) is 0.462. The summed E-state index contributed by atoms with van der Waals surface area (Å²) < 4.78 is 5.45. The molecule has 0 saturated heterocycles. The van der Waals surface area contributed by atoms with Gasteiger partial charge in [-0.3, -0.25) is 4.79 Å². The lowest BCUT2D eigenvalue weighted by Crippen LogP contribution is -2.12. The molecule has 1 rings (SSSR count). The van der Waals surface area contributed by atoms with Crippen molar-refractivity contribution in [3.63, 3.8) is 0 Å². The number of halogens is 1. The molecule has 0 spiro atoms. The summed E-state index contributed by atoms with van der Waals surface area (Å²) in [5.74, 6) is 1.98. The van der Waals surface area contributed by atoms with E-state index in [-0.39, 0.29) is 5.91 Å². The lowest BCUT2D eigenvalue weighted by atomic mass is 10.2. The minimum atomic E-state index is 0.0223. The van der Waals surface area contributed by atoms with E-state index < -0.39 is 0 Å². The first-order valence-electron chi connectivity index (χ1n) is 5.81. The predicted octanol–water partition coefficient (Wildman–Crippen LogP) is 3.52. The molecule has 100 valence electrons. The fourth-order valence-electron chi connectivity index (χ4n) is 1.48. The second-order valence-electron chi connectivity index (χ2n) is 3.68. The number of amides is 1. The maximum absolute atomic E-state index is 11.6. The number of rotatable bonds is 7. The van der Waals surface area contributed by atoms with Crippen molar-refractivity contribution in [2.75, 3.05) is 23.9 Å². The topological polar surface area (TPSA) is 38.3 Å². The summed E-state index contributed by atoms with van der Waals surface area (Å²) >= 11 is 7.52. The van der Waals surface area contributed by atoms with E-state index >= 15 is 0 Å². The summed E-state index contributed by atoms with van der Waals surface area (Å²) in [7, 11) is 0. The lowest BCUT2D eigenvalue weighted by Gasteiger charge is -2.11. The Hall–Kier alpha value is -0.870. The molecule has 3 nitrogen and oxygen atoms in total. The molecule has 1 N–H and O–H groups in total. The van der Waals surface area contributed by atoms with Gasteiger partial charge in [-0.15, -0.1) is 11.6 Å². The van der Waals surface area contributed by atoms with Crippen LogP contribution >= 0.6 is 23.4 Å². The second kappa shape index (κ2) is 8.27. The molecule has 1 aromatic carbocycles. The summed E-state index contributed by atoms with van der Waals surface area (Å²) in [6.07, 6.45) is 2.50. The number of thioether (sulfide) groups is 1. The molecule has 0 aliphatic heterocycles. The van der Waals surface area contributed by atoms with Crippen molar-refractivity contribution in [3.8, 4) is 5.75 Å². The van der Waals surface area contributed by atoms with Crippen LogP contribution < -0.4 is 10.1 Å². The van der Waals surface area contributed by atoms with Crippen molar-refractivity contribution in [2.24, 2.45) is 0 Å². The van der Waals surface area contributed by atoms with E-state index in [4.69, 9.17) is 16.3 Å². The van der Waals surface area contributed by atoms with Crippen LogP contribution in [-0.4, -0.2) is 24.5 Å². The highest BCUT2D eigenvalue weighted by atomic mass is 35.5. The Morgan fingerprint density at radius 2 is 2.28 bits per heavy atom. The number of anilines is 1. The lowest BCUT2D eigenvalue weighted by molar-refractivity contribution is -0.115. The highest BCUT2D eigenvalue weighted by Crippen LogP contribution is 2.24. The number of nitrogens with one attached hydrogen (secondary N) is 1. The van der Waals surface area contributed by atoms with Gasteiger partial charge in [0.2, 0.25) is 5.91 Å². The van der Waals surface area contributed by atoms with Crippen LogP contribution in [0.15, 0.2) is 18.2 Å². The molecule has 0 aromatic heterocycles. The van der Waals surface area contributed by atoms with Crippen molar-refractivity contribution in [3.05, 3.63) is 23.8 Å². The third kappa shape index (κ3) is 4.78. The Balaban J connectivity index is 2.69. The van der Waals surface area contributed by atoms with E-state index in [2.05, 4.69) is 5.32 Å². The Labute approximate surface area is 117 Å². The number of ether oxygens (including phenoxy) is 1. The zero-order valence-corrected chi connectivity index (χ0v) is 12.2. The van der Waals surface area contributed by atoms with Gasteiger partial charge in [0, 0.05) is 23.4 Å². The van der Waals surface area contributed by atoms with Crippen molar-refractivity contribution >= 4 is 35.0 Å². The van der Waals surface area contributed by atoms with E-state index in [1.165, 1.54) is 0 Å². The molecule has 18 heavy (non-hydrogen) atoms. The van der Waals surface area contributed by atoms with Crippen LogP contribution in [-0.2, 0) is 10.7 Å². The van der Waals surface area contributed by atoms with Gasteiger partial charge in [0.05, 0.1) is 12.5 Å². The molecule has 0 bridgehead atoms. The first kappa shape index (κ1) is 15.2. The summed E-state index contributed by atoms with van der Waals surface area (Å²) in [5, 5.41) is 2.85. The first-order chi connectivity index (χ1) is 8.71. The molecule has 0 heterocycles. The third-order valence-corrected chi connectivity index (χ3v) is 3.22. The van der Waals surface area contributed by atoms with Gasteiger partial charge in [0.15, 0.2) is 0 Å². The number of hydrogen-bond acceptors (Lipinski definition) is 3. The van der Waals surface area contributed by atoms with Gasteiger partial charge in [-0.2, -0.15) is 11.8 Å². The average Bonchev–Trinajstić information content (AvgIpc) is 2.38. The molecule has 1 amide bonds. The van der Waals surface area contributed by atoms with Crippen LogP contribution in [0.25, 0.3) is 0 Å². The second-order valence-corrected chi connectivity index (χ2v) is 4.93. The molecule has 0 aliphatic rings. The van der Waals surface area contributed by atoms with Gasteiger partial charge >= 0.3 is 0 Å². The monoisotopic (exact) mass is 287 g/mol. The van der Waals surface area contributed by atoms with Crippen LogP contribution in [0.4, 0.5) is 5.69 Å². The molecule has 1 aromatic rings. The third-order valence-electron chi connectivity index (χ3n) is 2.32. The summed E-state index contributed by atoms with van der Waals surface area (Å²) in [6, 6.07) is 5.53. The SMILES string of the molecule is CCOc1ccc(NC(=O)CCSC)cc1CCl. The van der Waals surface area contributed by atoms with Gasteiger partial charge in [-0.1, -0.05) is 0 Å². The van der Waals surface area contributed by atoms with Crippen LogP contribution in [0.1, 0.15) is 18.9 Å². The van der Waals surface area contributed by atoms with E-state index in [0.717, 1.165) is 22.8 Å². The van der Waals surface area contributed by atoms with Crippen LogP contribution in [0.2, 0.25) is 0 Å². The minimum Gasteiger partial charge on any atom is -0.494 e. The van der Waals surface area contributed by atoms with Gasteiger partial charge in [-0.25, -0.2) is 0 Å². The van der Waals surface area contributed by atoms with Crippen LogP contribution in [0.5, 0.6) is 5.75 Å². The van der Waals surface area contributed by atoms with E-state index in [0.29, 0.717) is 18.9 Å². The molecular weight excluding hydrogens is 270 g/mol. The Kier molecular flexibility index (Phi) is 6.98. The van der Waals surface area contributed by atoms with Gasteiger partial charge in [0.1, 0.15) is 5.75 Å². The van der Waals surface area contributed by atoms with E-state index in [9.17, 15) is 4.79 Å². The molecule has 0 aliphatic carbocycles. The quantitative estimate of drug-likeness (QED) is 0.780. The van der Waals surface area contributed by atoms with Crippen molar-refractivity contribution in [1.29, 1.82) is 0 Å². The zero-order valence-electron chi connectivity index (χ0n) is 10.7. The normalized spacial score (nSPS) is 10.2.